The van der Waals surface area contributed by atoms with Gasteiger partial charge < -0.3 is 0 Å². The van der Waals surface area contributed by atoms with Crippen molar-refractivity contribution in [2.75, 3.05) is 0 Å². The molecule has 0 aliphatic heterocycles. The van der Waals surface area contributed by atoms with E-state index >= 15 is 0 Å². The summed E-state index contributed by atoms with van der Waals surface area (Å²) in [6.45, 7) is 0. The predicted molar refractivity (Wildman–Crippen MR) is 56.1 cm³/mol. The van der Waals surface area contributed by atoms with Gasteiger partial charge in [-0.3, -0.25) is 0 Å². The Balaban J connectivity index is 2.41. The molecule has 0 atom stereocenters. The van der Waals surface area contributed by atoms with Gasteiger partial charge in [0, 0.05) is 25.7 Å². The third-order valence-electron chi connectivity index (χ3n) is 3.17. The zero-order valence-corrected chi connectivity index (χ0v) is 9.58. The van der Waals surface area contributed by atoms with E-state index in [9.17, 15) is 17.6 Å². The first-order valence-corrected chi connectivity index (χ1v) is 6.17. The van der Waals surface area contributed by atoms with Crippen molar-refractivity contribution in [3.63, 3.8) is 0 Å². The number of halogens is 4. The lowest BCUT2D eigenvalue weighted by molar-refractivity contribution is -0.0375. The van der Waals surface area contributed by atoms with Crippen molar-refractivity contribution in [3.8, 4) is 0 Å². The Hall–Kier alpha value is -0.280. The van der Waals surface area contributed by atoms with Crippen molar-refractivity contribution < 1.29 is 17.6 Å². The van der Waals surface area contributed by atoms with E-state index in [4.69, 9.17) is 0 Å². The molecule has 0 radical (unpaired) electrons. The Kier molecular flexibility index (Phi) is 5.06. The van der Waals surface area contributed by atoms with Gasteiger partial charge in [0.1, 0.15) is 0 Å². The molecule has 0 saturated heterocycles. The van der Waals surface area contributed by atoms with Crippen LogP contribution in [0, 0.1) is 0 Å². The third kappa shape index (κ3) is 5.71. The van der Waals surface area contributed by atoms with Crippen LogP contribution in [0.15, 0.2) is 0 Å². The molecular weight excluding hydrogens is 220 g/mol. The van der Waals surface area contributed by atoms with Crippen LogP contribution in [0.3, 0.4) is 0 Å². The molecular formula is C12H20F4. The van der Waals surface area contributed by atoms with E-state index in [1.54, 1.807) is 0 Å². The van der Waals surface area contributed by atoms with Gasteiger partial charge in [0.2, 0.25) is 11.8 Å². The highest BCUT2D eigenvalue weighted by Crippen LogP contribution is 2.33. The number of alkyl halides is 4. The first-order valence-electron chi connectivity index (χ1n) is 6.17. The number of hydrogen-bond donors (Lipinski definition) is 0. The summed E-state index contributed by atoms with van der Waals surface area (Å²) in [4.78, 5) is 0. The lowest BCUT2D eigenvalue weighted by Crippen LogP contribution is -2.19. The monoisotopic (exact) mass is 240 g/mol. The molecule has 0 aromatic carbocycles. The largest absolute Gasteiger partial charge is 0.248 e. The molecule has 0 heterocycles. The Labute approximate surface area is 94.4 Å². The molecule has 1 saturated carbocycles. The highest BCUT2D eigenvalue weighted by atomic mass is 19.3. The lowest BCUT2D eigenvalue weighted by Gasteiger charge is -2.20. The molecule has 0 N–H and O–H groups in total. The minimum Gasteiger partial charge on any atom is -0.207 e. The summed E-state index contributed by atoms with van der Waals surface area (Å²) in [7, 11) is 0. The molecule has 4 heteroatoms. The van der Waals surface area contributed by atoms with E-state index in [0.717, 1.165) is 0 Å². The summed E-state index contributed by atoms with van der Waals surface area (Å²) in [6.07, 6.45) is 2.00. The second kappa shape index (κ2) is 5.87. The van der Waals surface area contributed by atoms with Crippen molar-refractivity contribution in [1.29, 1.82) is 0 Å². The zero-order valence-electron chi connectivity index (χ0n) is 9.58. The van der Waals surface area contributed by atoms with Gasteiger partial charge in [0.05, 0.1) is 0 Å². The van der Waals surface area contributed by atoms with E-state index in [0.29, 0.717) is 25.7 Å². The average Bonchev–Trinajstić information content (AvgIpc) is 2.17. The van der Waals surface area contributed by atoms with E-state index in [1.807, 2.05) is 0 Å². The van der Waals surface area contributed by atoms with Crippen LogP contribution in [-0.2, 0) is 0 Å². The summed E-state index contributed by atoms with van der Waals surface area (Å²) in [5.74, 6) is -5.29. The summed E-state index contributed by atoms with van der Waals surface area (Å²) in [5.41, 5.74) is 0. The van der Waals surface area contributed by atoms with Crippen molar-refractivity contribution in [1.82, 2.24) is 0 Å². The van der Waals surface area contributed by atoms with Gasteiger partial charge in [-0.1, -0.05) is 12.8 Å². The molecule has 1 rings (SSSR count). The molecule has 96 valence electrons. The fourth-order valence-corrected chi connectivity index (χ4v) is 2.14. The quantitative estimate of drug-likeness (QED) is 0.512. The first kappa shape index (κ1) is 13.8. The molecule has 1 fully saturated rings. The Morgan fingerprint density at radius 2 is 0.688 bits per heavy atom. The standard InChI is InChI=1S/C12H20F4/c13-11(14)7-3-1-2-4-8-12(15,16)10-6-5-9-11/h1-10H2. The summed E-state index contributed by atoms with van der Waals surface area (Å²) in [6, 6.07) is 0. The van der Waals surface area contributed by atoms with Crippen molar-refractivity contribution >= 4 is 0 Å². The van der Waals surface area contributed by atoms with Crippen LogP contribution >= 0.6 is 0 Å². The number of rotatable bonds is 0. The van der Waals surface area contributed by atoms with E-state index in [1.165, 1.54) is 0 Å². The van der Waals surface area contributed by atoms with Crippen LogP contribution < -0.4 is 0 Å². The van der Waals surface area contributed by atoms with Crippen LogP contribution in [0.4, 0.5) is 17.6 Å². The van der Waals surface area contributed by atoms with Crippen molar-refractivity contribution in [2.45, 2.75) is 76.1 Å². The van der Waals surface area contributed by atoms with Gasteiger partial charge in [-0.25, -0.2) is 17.6 Å². The summed E-state index contributed by atoms with van der Waals surface area (Å²) in [5, 5.41) is 0. The fourth-order valence-electron chi connectivity index (χ4n) is 2.14. The minimum absolute atomic E-state index is 0.0800. The molecule has 0 bridgehead atoms. The van der Waals surface area contributed by atoms with Crippen LogP contribution in [0.5, 0.6) is 0 Å². The first-order chi connectivity index (χ1) is 7.41. The zero-order chi connectivity index (χ0) is 12.1. The van der Waals surface area contributed by atoms with Crippen LogP contribution in [0.2, 0.25) is 0 Å². The maximum atomic E-state index is 13.2. The van der Waals surface area contributed by atoms with Crippen LogP contribution in [-0.4, -0.2) is 11.8 Å². The van der Waals surface area contributed by atoms with Crippen LogP contribution in [0.25, 0.3) is 0 Å². The van der Waals surface area contributed by atoms with E-state index < -0.39 is 11.8 Å². The molecule has 0 aromatic rings. The van der Waals surface area contributed by atoms with Crippen molar-refractivity contribution in [3.05, 3.63) is 0 Å². The molecule has 1 aliphatic rings. The molecule has 0 nitrogen and oxygen atoms in total. The van der Waals surface area contributed by atoms with Gasteiger partial charge >= 0.3 is 0 Å². The fraction of sp³-hybridized carbons (Fsp3) is 1.00. The average molecular weight is 240 g/mol. The summed E-state index contributed by atoms with van der Waals surface area (Å²) >= 11 is 0. The Morgan fingerprint density at radius 1 is 0.438 bits per heavy atom. The molecule has 0 spiro atoms. The predicted octanol–water partition coefficient (Wildman–Crippen LogP) is 5.17. The SMILES string of the molecule is FC1(F)CCCCCCC(F)(F)CCCC1. The van der Waals surface area contributed by atoms with Gasteiger partial charge in [-0.05, 0) is 25.7 Å². The smallest absolute Gasteiger partial charge is 0.207 e. The molecule has 0 unspecified atom stereocenters. The molecule has 16 heavy (non-hydrogen) atoms. The minimum atomic E-state index is -2.64. The maximum absolute atomic E-state index is 13.2. The van der Waals surface area contributed by atoms with Crippen LogP contribution in [0.1, 0.15) is 64.2 Å². The normalized spacial score (nSPS) is 27.8. The Morgan fingerprint density at radius 3 is 1.00 bits per heavy atom. The molecule has 1 aliphatic carbocycles. The van der Waals surface area contributed by atoms with Crippen molar-refractivity contribution in [2.24, 2.45) is 0 Å². The highest BCUT2D eigenvalue weighted by Gasteiger charge is 2.31. The highest BCUT2D eigenvalue weighted by molar-refractivity contribution is 4.71. The van der Waals surface area contributed by atoms with Gasteiger partial charge in [0.25, 0.3) is 0 Å². The lowest BCUT2D eigenvalue weighted by atomic mass is 9.97. The maximum Gasteiger partial charge on any atom is 0.248 e. The molecule has 0 amide bonds. The summed E-state index contributed by atoms with van der Waals surface area (Å²) < 4.78 is 52.8. The van der Waals surface area contributed by atoms with Gasteiger partial charge in [-0.2, -0.15) is 0 Å². The topological polar surface area (TPSA) is 0 Å². The molecule has 0 aromatic heterocycles. The second-order valence-corrected chi connectivity index (χ2v) is 4.83. The third-order valence-corrected chi connectivity index (χ3v) is 3.17. The Bertz CT molecular complexity index is 179. The second-order valence-electron chi connectivity index (χ2n) is 4.83. The van der Waals surface area contributed by atoms with Gasteiger partial charge in [0.15, 0.2) is 0 Å². The van der Waals surface area contributed by atoms with E-state index in [2.05, 4.69) is 0 Å². The number of hydrogen-bond acceptors (Lipinski definition) is 0. The van der Waals surface area contributed by atoms with E-state index in [-0.39, 0.29) is 38.5 Å². The van der Waals surface area contributed by atoms with Gasteiger partial charge in [-0.15, -0.1) is 0 Å².